The quantitative estimate of drug-likeness (QED) is 0.493. The molecule has 0 bridgehead atoms. The second-order valence-electron chi connectivity index (χ2n) is 4.19. The highest BCUT2D eigenvalue weighted by Crippen LogP contribution is 2.39. The molecule has 0 radical (unpaired) electrons. The molecule has 2 rings (SSSR count). The van der Waals surface area contributed by atoms with Crippen molar-refractivity contribution >= 4 is 22.7 Å². The Morgan fingerprint density at radius 3 is 2.18 bits per heavy atom. The Kier molecular flexibility index (Phi) is 4.07. The van der Waals surface area contributed by atoms with Crippen LogP contribution < -0.4 is 10.1 Å². The van der Waals surface area contributed by atoms with Gasteiger partial charge in [-0.05, 0) is 18.2 Å². The van der Waals surface area contributed by atoms with Crippen LogP contribution >= 0.6 is 0 Å². The first-order valence-corrected chi connectivity index (χ1v) is 6.00. The van der Waals surface area contributed by atoms with Gasteiger partial charge in [-0.15, -0.1) is 0 Å². The molecule has 0 unspecified atom stereocenters. The van der Waals surface area contributed by atoms with E-state index in [0.717, 1.165) is 12.1 Å². The van der Waals surface area contributed by atoms with E-state index in [1.807, 2.05) is 0 Å². The van der Waals surface area contributed by atoms with Crippen LogP contribution in [0.2, 0.25) is 0 Å². The predicted molar refractivity (Wildman–Crippen MR) is 77.7 cm³/mol. The van der Waals surface area contributed by atoms with Crippen molar-refractivity contribution in [1.82, 2.24) is 0 Å². The van der Waals surface area contributed by atoms with E-state index in [0.29, 0.717) is 5.75 Å². The molecule has 0 heterocycles. The number of hydrogen-bond acceptors (Lipinski definition) is 7. The van der Waals surface area contributed by atoms with Gasteiger partial charge in [0.05, 0.1) is 22.6 Å². The number of rotatable bonds is 5. The van der Waals surface area contributed by atoms with Crippen molar-refractivity contribution in [2.24, 2.45) is 0 Å². The zero-order valence-corrected chi connectivity index (χ0v) is 11.3. The number of phenolic OH excluding ortho intramolecular Hbond substituents is 1. The topological polar surface area (TPSA) is 128 Å². The van der Waals surface area contributed by atoms with Crippen LogP contribution in [0.15, 0.2) is 36.4 Å². The Balaban J connectivity index is 2.57. The van der Waals surface area contributed by atoms with Gasteiger partial charge in [-0.1, -0.05) is 0 Å². The maximum absolute atomic E-state index is 11.1. The molecular formula is C13H11N3O6. The molecule has 0 aliphatic rings. The summed E-state index contributed by atoms with van der Waals surface area (Å²) in [4.78, 5) is 20.6. The van der Waals surface area contributed by atoms with E-state index in [1.165, 1.54) is 31.4 Å². The summed E-state index contributed by atoms with van der Waals surface area (Å²) in [6.07, 6.45) is 0. The van der Waals surface area contributed by atoms with E-state index in [2.05, 4.69) is 5.32 Å². The van der Waals surface area contributed by atoms with Gasteiger partial charge in [0.15, 0.2) is 5.69 Å². The van der Waals surface area contributed by atoms with Gasteiger partial charge in [0.25, 0.3) is 11.4 Å². The Bertz CT molecular complexity index is 714. The maximum atomic E-state index is 11.1. The van der Waals surface area contributed by atoms with Gasteiger partial charge in [0, 0.05) is 18.2 Å². The molecule has 0 spiro atoms. The number of ether oxygens (including phenoxy) is 1. The Morgan fingerprint density at radius 1 is 1.09 bits per heavy atom. The lowest BCUT2D eigenvalue weighted by atomic mass is 10.2. The third-order valence-electron chi connectivity index (χ3n) is 2.88. The number of nitro benzene ring substituents is 2. The summed E-state index contributed by atoms with van der Waals surface area (Å²) in [5, 5.41) is 34.4. The number of para-hydroxylation sites is 1. The van der Waals surface area contributed by atoms with E-state index in [-0.39, 0.29) is 17.1 Å². The molecule has 2 aromatic rings. The van der Waals surface area contributed by atoms with Crippen LogP contribution in [0.1, 0.15) is 0 Å². The molecule has 22 heavy (non-hydrogen) atoms. The molecule has 0 saturated heterocycles. The number of aromatic hydroxyl groups is 1. The van der Waals surface area contributed by atoms with Crippen molar-refractivity contribution in [3.8, 4) is 11.5 Å². The number of methoxy groups -OCH3 is 1. The highest BCUT2D eigenvalue weighted by atomic mass is 16.6. The number of hydrogen-bond donors (Lipinski definition) is 2. The number of benzene rings is 2. The summed E-state index contributed by atoms with van der Waals surface area (Å²) in [5.41, 5.74) is -1.22. The first kappa shape index (κ1) is 15.0. The smallest absolute Gasteiger partial charge is 0.299 e. The second-order valence-corrected chi connectivity index (χ2v) is 4.19. The molecule has 2 aromatic carbocycles. The van der Waals surface area contributed by atoms with Crippen LogP contribution in [0.4, 0.5) is 22.7 Å². The van der Waals surface area contributed by atoms with Crippen LogP contribution in [-0.4, -0.2) is 22.1 Å². The average Bonchev–Trinajstić information content (AvgIpc) is 2.49. The van der Waals surface area contributed by atoms with Gasteiger partial charge in [-0.25, -0.2) is 0 Å². The largest absolute Gasteiger partial charge is 0.506 e. The standard InChI is InChI=1S/C13H11N3O6/c1-22-8-5-6-12(17)9(7-8)14-13-10(15(18)19)3-2-4-11(13)16(20)21/h2-7,14,17H,1H3. The molecule has 0 fully saturated rings. The van der Waals surface area contributed by atoms with E-state index >= 15 is 0 Å². The third-order valence-corrected chi connectivity index (χ3v) is 2.88. The lowest BCUT2D eigenvalue weighted by molar-refractivity contribution is -0.392. The lowest BCUT2D eigenvalue weighted by Gasteiger charge is -2.10. The van der Waals surface area contributed by atoms with Crippen LogP contribution in [-0.2, 0) is 0 Å². The van der Waals surface area contributed by atoms with Crippen LogP contribution in [0, 0.1) is 20.2 Å². The third kappa shape index (κ3) is 2.87. The highest BCUT2D eigenvalue weighted by Gasteiger charge is 2.25. The van der Waals surface area contributed by atoms with E-state index in [1.54, 1.807) is 0 Å². The molecular weight excluding hydrogens is 294 g/mol. The van der Waals surface area contributed by atoms with Gasteiger partial charge < -0.3 is 15.2 Å². The van der Waals surface area contributed by atoms with Crippen molar-refractivity contribution in [1.29, 1.82) is 0 Å². The summed E-state index contributed by atoms with van der Waals surface area (Å²) in [5.74, 6) is 0.148. The van der Waals surface area contributed by atoms with Gasteiger partial charge in [0.1, 0.15) is 11.5 Å². The van der Waals surface area contributed by atoms with E-state index in [4.69, 9.17) is 4.74 Å². The minimum atomic E-state index is -0.743. The number of anilines is 2. The van der Waals surface area contributed by atoms with E-state index < -0.39 is 21.2 Å². The number of nitrogens with zero attached hydrogens (tertiary/aromatic N) is 2. The first-order valence-electron chi connectivity index (χ1n) is 6.00. The summed E-state index contributed by atoms with van der Waals surface area (Å²) >= 11 is 0. The fraction of sp³-hybridized carbons (Fsp3) is 0.0769. The summed E-state index contributed by atoms with van der Waals surface area (Å²) in [6.45, 7) is 0. The predicted octanol–water partition coefficient (Wildman–Crippen LogP) is 2.96. The van der Waals surface area contributed by atoms with Gasteiger partial charge >= 0.3 is 0 Å². The van der Waals surface area contributed by atoms with Crippen molar-refractivity contribution in [2.45, 2.75) is 0 Å². The minimum Gasteiger partial charge on any atom is -0.506 e. The highest BCUT2D eigenvalue weighted by molar-refractivity contribution is 5.80. The molecule has 2 N–H and O–H groups in total. The van der Waals surface area contributed by atoms with Crippen molar-refractivity contribution in [3.63, 3.8) is 0 Å². The van der Waals surface area contributed by atoms with Crippen LogP contribution in [0.5, 0.6) is 11.5 Å². The summed E-state index contributed by atoms with van der Waals surface area (Å²) < 4.78 is 4.98. The zero-order valence-electron chi connectivity index (χ0n) is 11.3. The van der Waals surface area contributed by atoms with E-state index in [9.17, 15) is 25.3 Å². The maximum Gasteiger partial charge on any atom is 0.299 e. The van der Waals surface area contributed by atoms with Crippen LogP contribution in [0.25, 0.3) is 0 Å². The number of nitrogens with one attached hydrogen (secondary N) is 1. The summed E-state index contributed by atoms with van der Waals surface area (Å²) in [6, 6.07) is 7.64. The fourth-order valence-electron chi connectivity index (χ4n) is 1.84. The molecule has 0 amide bonds. The average molecular weight is 305 g/mol. The second kappa shape index (κ2) is 5.95. The Labute approximate surface area is 124 Å². The molecule has 0 aliphatic heterocycles. The van der Waals surface area contributed by atoms with Gasteiger partial charge in [-0.2, -0.15) is 0 Å². The molecule has 9 heteroatoms. The summed E-state index contributed by atoms with van der Waals surface area (Å²) in [7, 11) is 1.41. The van der Waals surface area contributed by atoms with Crippen LogP contribution in [0.3, 0.4) is 0 Å². The van der Waals surface area contributed by atoms with Gasteiger partial charge in [-0.3, -0.25) is 20.2 Å². The van der Waals surface area contributed by atoms with Crippen molar-refractivity contribution in [2.75, 3.05) is 12.4 Å². The molecule has 114 valence electrons. The van der Waals surface area contributed by atoms with Crippen molar-refractivity contribution < 1.29 is 19.7 Å². The molecule has 0 aliphatic carbocycles. The normalized spacial score (nSPS) is 10.0. The first-order chi connectivity index (χ1) is 10.4. The zero-order chi connectivity index (χ0) is 16.3. The van der Waals surface area contributed by atoms with Gasteiger partial charge in [0.2, 0.25) is 0 Å². The molecule has 0 aromatic heterocycles. The molecule has 9 nitrogen and oxygen atoms in total. The lowest BCUT2D eigenvalue weighted by Crippen LogP contribution is -2.02. The monoisotopic (exact) mass is 305 g/mol. The number of nitro groups is 2. The van der Waals surface area contributed by atoms with Crippen molar-refractivity contribution in [3.05, 3.63) is 56.6 Å². The number of phenols is 1. The Hall–Kier alpha value is -3.36. The minimum absolute atomic E-state index is 0.0525. The Morgan fingerprint density at radius 2 is 1.68 bits per heavy atom. The molecule has 0 saturated carbocycles. The molecule has 0 atom stereocenters. The SMILES string of the molecule is COc1ccc(O)c(Nc2c([N+](=O)[O-])cccc2[N+](=O)[O-])c1. The fourth-order valence-corrected chi connectivity index (χ4v) is 1.84.